The third kappa shape index (κ3) is 6.99. The Morgan fingerprint density at radius 3 is 1.52 bits per heavy atom. The van der Waals surface area contributed by atoms with Gasteiger partial charge in [-0.15, -0.1) is 0 Å². The highest BCUT2D eigenvalue weighted by Gasteiger charge is 2.22. The number of anilines is 3. The molecule has 3 nitrogen and oxygen atoms in total. The predicted molar refractivity (Wildman–Crippen MR) is 290 cm³/mol. The van der Waals surface area contributed by atoms with Crippen LogP contribution in [0, 0.1) is 0 Å². The zero-order chi connectivity index (χ0) is 45.7. The molecule has 11 aromatic carbocycles. The van der Waals surface area contributed by atoms with Crippen LogP contribution < -0.4 is 4.90 Å². The minimum atomic E-state index is 0.896. The average molecular weight is 881 g/mol. The van der Waals surface area contributed by atoms with Crippen molar-refractivity contribution in [1.82, 2.24) is 4.57 Å². The van der Waals surface area contributed by atoms with Gasteiger partial charge in [0.25, 0.3) is 0 Å². The van der Waals surface area contributed by atoms with Gasteiger partial charge in [-0.3, -0.25) is 0 Å². The highest BCUT2D eigenvalue weighted by molar-refractivity contribution is 6.16. The van der Waals surface area contributed by atoms with Crippen LogP contribution >= 0.6 is 0 Å². The van der Waals surface area contributed by atoms with Crippen LogP contribution in [0.2, 0.25) is 0 Å². The van der Waals surface area contributed by atoms with Crippen molar-refractivity contribution < 1.29 is 4.42 Å². The van der Waals surface area contributed by atoms with E-state index in [1.807, 2.05) is 12.1 Å². The van der Waals surface area contributed by atoms with Gasteiger partial charge >= 0.3 is 0 Å². The molecule has 0 saturated heterocycles. The fourth-order valence-corrected chi connectivity index (χ4v) is 10.5. The van der Waals surface area contributed by atoms with Crippen molar-refractivity contribution in [2.45, 2.75) is 0 Å². The van der Waals surface area contributed by atoms with Gasteiger partial charge in [-0.25, -0.2) is 0 Å². The van der Waals surface area contributed by atoms with E-state index < -0.39 is 0 Å². The van der Waals surface area contributed by atoms with E-state index in [2.05, 4.69) is 264 Å². The summed E-state index contributed by atoms with van der Waals surface area (Å²) in [6, 6.07) is 96.2. The first kappa shape index (κ1) is 40.1. The molecule has 0 unspecified atom stereocenters. The van der Waals surface area contributed by atoms with Gasteiger partial charge in [0.15, 0.2) is 0 Å². The summed E-state index contributed by atoms with van der Waals surface area (Å²) in [6.07, 6.45) is 0. The highest BCUT2D eigenvalue weighted by Crippen LogP contribution is 2.47. The molecule has 13 aromatic rings. The Kier molecular flexibility index (Phi) is 9.84. The van der Waals surface area contributed by atoms with Gasteiger partial charge in [-0.2, -0.15) is 0 Å². The molecule has 3 heteroatoms. The van der Waals surface area contributed by atoms with Gasteiger partial charge in [0.05, 0.1) is 16.7 Å². The molecule has 0 fully saturated rings. The van der Waals surface area contributed by atoms with Crippen LogP contribution in [0.15, 0.2) is 271 Å². The number of fused-ring (bicyclic) bond motifs is 6. The van der Waals surface area contributed by atoms with Crippen LogP contribution in [0.1, 0.15) is 0 Å². The standard InChI is InChI=1S/C66H44N2O/c1-3-18-46(19-4-1)52-22-7-8-23-54(52)55-24-9-10-25-56(55)57-26-11-14-30-61(57)67(50-39-34-45(35-40-50)48-38-43-65-60(44-48)58-27-13-16-33-64(58)69-65)51-41-36-47(37-42-51)53-29-17-32-63-66(53)59-28-12-15-31-62(59)68(63)49-20-5-2-6-21-49/h1-44H. The molecule has 324 valence electrons. The highest BCUT2D eigenvalue weighted by atomic mass is 16.3. The van der Waals surface area contributed by atoms with E-state index in [1.54, 1.807) is 0 Å². The van der Waals surface area contributed by atoms with E-state index in [-0.39, 0.29) is 0 Å². The summed E-state index contributed by atoms with van der Waals surface area (Å²) in [5, 5.41) is 4.73. The van der Waals surface area contributed by atoms with Crippen molar-refractivity contribution in [2.75, 3.05) is 4.90 Å². The summed E-state index contributed by atoms with van der Waals surface area (Å²) in [4.78, 5) is 2.41. The first-order valence-electron chi connectivity index (χ1n) is 23.6. The normalized spacial score (nSPS) is 11.5. The summed E-state index contributed by atoms with van der Waals surface area (Å²) in [7, 11) is 0. The minimum absolute atomic E-state index is 0.896. The van der Waals surface area contributed by atoms with E-state index in [0.717, 1.165) is 72.5 Å². The van der Waals surface area contributed by atoms with Gasteiger partial charge in [0.1, 0.15) is 11.2 Å². The molecule has 0 bridgehead atoms. The third-order valence-corrected chi connectivity index (χ3v) is 13.6. The lowest BCUT2D eigenvalue weighted by atomic mass is 9.88. The molecule has 2 aromatic heterocycles. The van der Waals surface area contributed by atoms with E-state index in [4.69, 9.17) is 4.42 Å². The van der Waals surface area contributed by atoms with Crippen LogP contribution in [0.4, 0.5) is 17.1 Å². The fourth-order valence-electron chi connectivity index (χ4n) is 10.5. The van der Waals surface area contributed by atoms with Crippen molar-refractivity contribution in [2.24, 2.45) is 0 Å². The molecule has 0 radical (unpaired) electrons. The number of nitrogens with zero attached hydrogens (tertiary/aromatic N) is 2. The average Bonchev–Trinajstić information content (AvgIpc) is 3.98. The Morgan fingerprint density at radius 1 is 0.290 bits per heavy atom. The molecule has 0 aliphatic rings. The maximum atomic E-state index is 6.19. The number of rotatable bonds is 9. The van der Waals surface area contributed by atoms with Gasteiger partial charge < -0.3 is 13.9 Å². The first-order chi connectivity index (χ1) is 34.2. The molecule has 0 aliphatic carbocycles. The van der Waals surface area contributed by atoms with E-state index in [0.29, 0.717) is 0 Å². The van der Waals surface area contributed by atoms with E-state index >= 15 is 0 Å². The second-order valence-electron chi connectivity index (χ2n) is 17.6. The number of para-hydroxylation sites is 4. The number of hydrogen-bond donors (Lipinski definition) is 0. The Morgan fingerprint density at radius 2 is 0.783 bits per heavy atom. The maximum absolute atomic E-state index is 6.19. The van der Waals surface area contributed by atoms with Crippen molar-refractivity contribution in [3.63, 3.8) is 0 Å². The predicted octanol–water partition coefficient (Wildman–Crippen LogP) is 18.5. The second kappa shape index (κ2) is 16.9. The van der Waals surface area contributed by atoms with E-state index in [1.165, 1.54) is 49.6 Å². The fraction of sp³-hybridized carbons (Fsp3) is 0. The zero-order valence-corrected chi connectivity index (χ0v) is 37.7. The quantitative estimate of drug-likeness (QED) is 0.144. The van der Waals surface area contributed by atoms with Crippen molar-refractivity contribution >= 4 is 60.8 Å². The van der Waals surface area contributed by atoms with Gasteiger partial charge in [0, 0.05) is 44.2 Å². The molecule has 0 aliphatic heterocycles. The minimum Gasteiger partial charge on any atom is -0.456 e. The van der Waals surface area contributed by atoms with Gasteiger partial charge in [0.2, 0.25) is 0 Å². The topological polar surface area (TPSA) is 21.3 Å². The van der Waals surface area contributed by atoms with Gasteiger partial charge in [-0.05, 0) is 123 Å². The lowest BCUT2D eigenvalue weighted by Gasteiger charge is -2.29. The Labute approximate surface area is 401 Å². The lowest BCUT2D eigenvalue weighted by Crippen LogP contribution is -2.11. The van der Waals surface area contributed by atoms with E-state index in [9.17, 15) is 0 Å². The summed E-state index contributed by atoms with van der Waals surface area (Å²) in [5.41, 5.74) is 20.3. The molecule has 0 amide bonds. The third-order valence-electron chi connectivity index (χ3n) is 13.6. The number of aromatic nitrogens is 1. The molecule has 0 spiro atoms. The van der Waals surface area contributed by atoms with Crippen molar-refractivity contribution in [1.29, 1.82) is 0 Å². The van der Waals surface area contributed by atoms with Crippen LogP contribution in [0.5, 0.6) is 0 Å². The van der Waals surface area contributed by atoms with Crippen LogP contribution in [0.3, 0.4) is 0 Å². The number of furan rings is 1. The second-order valence-corrected chi connectivity index (χ2v) is 17.6. The van der Waals surface area contributed by atoms with Gasteiger partial charge in [-0.1, -0.05) is 194 Å². The molecule has 69 heavy (non-hydrogen) atoms. The van der Waals surface area contributed by atoms with Crippen LogP contribution in [0.25, 0.3) is 105 Å². The summed E-state index contributed by atoms with van der Waals surface area (Å²) >= 11 is 0. The number of hydrogen-bond acceptors (Lipinski definition) is 2. The lowest BCUT2D eigenvalue weighted by molar-refractivity contribution is 0.669. The molecule has 2 heterocycles. The molecular weight excluding hydrogens is 837 g/mol. The maximum Gasteiger partial charge on any atom is 0.135 e. The molecular formula is C66H44N2O. The summed E-state index contributed by atoms with van der Waals surface area (Å²) < 4.78 is 8.58. The van der Waals surface area contributed by atoms with Crippen molar-refractivity contribution in [3.8, 4) is 61.3 Å². The van der Waals surface area contributed by atoms with Crippen LogP contribution in [-0.2, 0) is 0 Å². The zero-order valence-electron chi connectivity index (χ0n) is 37.7. The smallest absolute Gasteiger partial charge is 0.135 e. The largest absolute Gasteiger partial charge is 0.456 e. The molecule has 0 atom stereocenters. The molecule has 0 N–H and O–H groups in total. The monoisotopic (exact) mass is 880 g/mol. The van der Waals surface area contributed by atoms with Crippen LogP contribution in [-0.4, -0.2) is 4.57 Å². The SMILES string of the molecule is c1ccc(-c2ccccc2-c2ccccc2-c2ccccc2N(c2ccc(-c3ccc4oc5ccccc5c4c3)cc2)c2ccc(-c3cccc4c3c3ccccc3n4-c3ccccc3)cc2)cc1. The Hall–Kier alpha value is -9.18. The summed E-state index contributed by atoms with van der Waals surface area (Å²) in [6.45, 7) is 0. The van der Waals surface area contributed by atoms with Crippen molar-refractivity contribution in [3.05, 3.63) is 267 Å². The molecule has 13 rings (SSSR count). The Bertz CT molecular complexity index is 4000. The summed E-state index contributed by atoms with van der Waals surface area (Å²) in [5.74, 6) is 0. The first-order valence-corrected chi connectivity index (χ1v) is 23.6. The Balaban J connectivity index is 0.962. The molecule has 0 saturated carbocycles. The number of benzene rings is 11.